The van der Waals surface area contributed by atoms with Gasteiger partial charge in [0.25, 0.3) is 0 Å². The molecule has 2 aromatic rings. The molecular weight excluding hydrogens is 520 g/mol. The second-order valence-corrected chi connectivity index (χ2v) is 12.5. The summed E-state index contributed by atoms with van der Waals surface area (Å²) in [6.07, 6.45) is 3.21. The van der Waals surface area contributed by atoms with E-state index in [-0.39, 0.29) is 31.0 Å². The summed E-state index contributed by atoms with van der Waals surface area (Å²) in [7, 11) is 1.42. The third-order valence-electron chi connectivity index (χ3n) is 7.35. The number of hydrogen-bond donors (Lipinski definition) is 1. The molecule has 0 radical (unpaired) electrons. The van der Waals surface area contributed by atoms with Crippen LogP contribution in [0.2, 0.25) is 0 Å². The van der Waals surface area contributed by atoms with Gasteiger partial charge in [-0.15, -0.1) is 0 Å². The number of aryl methyl sites for hydroxylation is 2. The highest BCUT2D eigenvalue weighted by molar-refractivity contribution is 5.99. The van der Waals surface area contributed by atoms with Gasteiger partial charge in [-0.05, 0) is 84.1 Å². The van der Waals surface area contributed by atoms with E-state index >= 15 is 0 Å². The van der Waals surface area contributed by atoms with Crippen molar-refractivity contribution in [2.24, 2.45) is 17.8 Å². The number of carbonyl (C=O) groups is 3. The van der Waals surface area contributed by atoms with Crippen LogP contribution in [0, 0.1) is 31.6 Å². The number of esters is 2. The molecule has 0 atom stereocenters. The Labute approximate surface area is 244 Å². The first-order valence-electron chi connectivity index (χ1n) is 14.6. The predicted molar refractivity (Wildman–Crippen MR) is 159 cm³/mol. The van der Waals surface area contributed by atoms with Crippen molar-refractivity contribution < 1.29 is 28.6 Å². The molecule has 1 saturated carbocycles. The number of methoxy groups -OCH3 is 1. The van der Waals surface area contributed by atoms with Gasteiger partial charge in [-0.1, -0.05) is 43.7 Å². The number of carbonyl (C=O) groups excluding carboxylic acids is 3. The molecule has 0 bridgehead atoms. The van der Waals surface area contributed by atoms with Crippen molar-refractivity contribution in [3.8, 4) is 11.1 Å². The molecule has 1 aliphatic rings. The van der Waals surface area contributed by atoms with Crippen molar-refractivity contribution in [1.82, 2.24) is 10.3 Å². The van der Waals surface area contributed by atoms with Gasteiger partial charge in [-0.3, -0.25) is 9.78 Å². The Morgan fingerprint density at radius 3 is 2.22 bits per heavy atom. The van der Waals surface area contributed by atoms with Crippen molar-refractivity contribution in [3.05, 3.63) is 52.3 Å². The minimum atomic E-state index is -0.638. The fraction of sp³-hybridized carbons (Fsp3) is 0.576. The van der Waals surface area contributed by atoms with E-state index in [2.05, 4.69) is 19.2 Å². The van der Waals surface area contributed by atoms with Crippen LogP contribution >= 0.6 is 0 Å². The molecule has 224 valence electrons. The van der Waals surface area contributed by atoms with E-state index in [9.17, 15) is 14.4 Å². The van der Waals surface area contributed by atoms with Crippen LogP contribution < -0.4 is 5.32 Å². The lowest BCUT2D eigenvalue weighted by Crippen LogP contribution is -2.33. The number of alkyl carbamates (subject to hydrolysis) is 1. The Morgan fingerprint density at radius 2 is 1.66 bits per heavy atom. The van der Waals surface area contributed by atoms with Crippen LogP contribution in [0.5, 0.6) is 0 Å². The van der Waals surface area contributed by atoms with Crippen LogP contribution in [0.25, 0.3) is 11.1 Å². The SMILES string of the molecule is COC(=O)C1CCC(COC(=O)c2c(C)nc(CC(C)C)c(CNC(=O)OC(C)(C)C)c2-c2ccc(C)cc2)CC1. The minimum Gasteiger partial charge on any atom is -0.469 e. The van der Waals surface area contributed by atoms with Crippen LogP contribution in [-0.4, -0.2) is 42.3 Å². The third kappa shape index (κ3) is 9.03. The van der Waals surface area contributed by atoms with Gasteiger partial charge in [0.05, 0.1) is 30.9 Å². The fourth-order valence-electron chi connectivity index (χ4n) is 5.31. The number of aromatic nitrogens is 1. The van der Waals surface area contributed by atoms with Crippen LogP contribution in [0.1, 0.15) is 93.2 Å². The summed E-state index contributed by atoms with van der Waals surface area (Å²) in [5, 5.41) is 2.89. The molecule has 1 fully saturated rings. The summed E-state index contributed by atoms with van der Waals surface area (Å²) in [5.74, 6) is -0.190. The second-order valence-electron chi connectivity index (χ2n) is 12.5. The zero-order chi connectivity index (χ0) is 30.3. The highest BCUT2D eigenvalue weighted by atomic mass is 16.6. The van der Waals surface area contributed by atoms with Crippen LogP contribution in [0.4, 0.5) is 4.79 Å². The molecule has 1 N–H and O–H groups in total. The Bertz CT molecular complexity index is 1220. The topological polar surface area (TPSA) is 104 Å². The molecule has 41 heavy (non-hydrogen) atoms. The minimum absolute atomic E-state index is 0.0833. The Hall–Kier alpha value is -3.42. The van der Waals surface area contributed by atoms with Crippen molar-refractivity contribution in [1.29, 1.82) is 0 Å². The molecule has 1 amide bonds. The standard InChI is InChI=1S/C33H46N2O6/c1-20(2)17-27-26(18-34-32(38)41-33(5,6)7)29(24-13-9-21(3)10-14-24)28(22(4)35-27)31(37)40-19-23-11-15-25(16-12-23)30(36)39-8/h9-10,13-14,20,23,25H,11-12,15-19H2,1-8H3,(H,34,38). The lowest BCUT2D eigenvalue weighted by Gasteiger charge is -2.27. The number of nitrogens with one attached hydrogen (secondary N) is 1. The smallest absolute Gasteiger partial charge is 0.407 e. The predicted octanol–water partition coefficient (Wildman–Crippen LogP) is 6.72. The van der Waals surface area contributed by atoms with E-state index in [0.29, 0.717) is 23.6 Å². The summed E-state index contributed by atoms with van der Waals surface area (Å²) in [5.41, 5.74) is 4.66. The quantitative estimate of drug-likeness (QED) is 0.265. The number of benzene rings is 1. The average molecular weight is 567 g/mol. The van der Waals surface area contributed by atoms with Gasteiger partial charge >= 0.3 is 18.0 Å². The third-order valence-corrected chi connectivity index (χ3v) is 7.35. The second kappa shape index (κ2) is 14.0. The average Bonchev–Trinajstić information content (AvgIpc) is 2.90. The summed E-state index contributed by atoms with van der Waals surface area (Å²) >= 11 is 0. The zero-order valence-electron chi connectivity index (χ0n) is 25.9. The van der Waals surface area contributed by atoms with Crippen LogP contribution in [-0.2, 0) is 32.0 Å². The van der Waals surface area contributed by atoms with Gasteiger partial charge in [0.15, 0.2) is 0 Å². The molecule has 1 aromatic heterocycles. The van der Waals surface area contributed by atoms with E-state index < -0.39 is 17.7 Å². The monoisotopic (exact) mass is 566 g/mol. The normalized spacial score (nSPS) is 17.2. The van der Waals surface area contributed by atoms with Gasteiger partial charge in [0, 0.05) is 23.4 Å². The molecule has 0 saturated heterocycles. The number of rotatable bonds is 9. The maximum absolute atomic E-state index is 13.8. The van der Waals surface area contributed by atoms with Gasteiger partial charge in [-0.2, -0.15) is 0 Å². The van der Waals surface area contributed by atoms with Crippen molar-refractivity contribution in [3.63, 3.8) is 0 Å². The van der Waals surface area contributed by atoms with E-state index in [1.165, 1.54) is 7.11 Å². The Kier molecular flexibility index (Phi) is 10.9. The van der Waals surface area contributed by atoms with Gasteiger partial charge < -0.3 is 19.5 Å². The van der Waals surface area contributed by atoms with E-state index in [1.54, 1.807) is 0 Å². The van der Waals surface area contributed by atoms with Gasteiger partial charge in [0.2, 0.25) is 0 Å². The lowest BCUT2D eigenvalue weighted by molar-refractivity contribution is -0.147. The molecule has 8 heteroatoms. The first-order chi connectivity index (χ1) is 19.3. The maximum atomic E-state index is 13.8. The molecule has 1 heterocycles. The number of amides is 1. The van der Waals surface area contributed by atoms with Gasteiger partial charge in [-0.25, -0.2) is 9.59 Å². The Morgan fingerprint density at radius 1 is 1.02 bits per heavy atom. The summed E-state index contributed by atoms with van der Waals surface area (Å²) < 4.78 is 16.3. The van der Waals surface area contributed by atoms with Crippen molar-refractivity contribution in [2.45, 2.75) is 92.7 Å². The summed E-state index contributed by atoms with van der Waals surface area (Å²) in [6.45, 7) is 14.0. The molecule has 1 aliphatic carbocycles. The molecular formula is C33H46N2O6. The van der Waals surface area contributed by atoms with Crippen molar-refractivity contribution >= 4 is 18.0 Å². The van der Waals surface area contributed by atoms with Crippen LogP contribution in [0.15, 0.2) is 24.3 Å². The number of nitrogens with zero attached hydrogens (tertiary/aromatic N) is 1. The van der Waals surface area contributed by atoms with Crippen LogP contribution in [0.3, 0.4) is 0 Å². The largest absolute Gasteiger partial charge is 0.469 e. The zero-order valence-corrected chi connectivity index (χ0v) is 25.9. The molecule has 0 unspecified atom stereocenters. The molecule has 0 spiro atoms. The highest BCUT2D eigenvalue weighted by Gasteiger charge is 2.30. The van der Waals surface area contributed by atoms with Gasteiger partial charge in [0.1, 0.15) is 5.60 Å². The molecule has 1 aromatic carbocycles. The molecule has 3 rings (SSSR count). The highest BCUT2D eigenvalue weighted by Crippen LogP contribution is 2.34. The first kappa shape index (κ1) is 32.1. The van der Waals surface area contributed by atoms with E-state index in [0.717, 1.165) is 53.6 Å². The number of pyridine rings is 1. The maximum Gasteiger partial charge on any atom is 0.407 e. The summed E-state index contributed by atoms with van der Waals surface area (Å²) in [6, 6.07) is 8.00. The fourth-order valence-corrected chi connectivity index (χ4v) is 5.31. The number of hydrogen-bond acceptors (Lipinski definition) is 7. The van der Waals surface area contributed by atoms with E-state index in [4.69, 9.17) is 19.2 Å². The van der Waals surface area contributed by atoms with Crippen molar-refractivity contribution in [2.75, 3.05) is 13.7 Å². The molecule has 8 nitrogen and oxygen atoms in total. The lowest BCUT2D eigenvalue weighted by atomic mass is 9.82. The number of ether oxygens (including phenoxy) is 3. The van der Waals surface area contributed by atoms with E-state index in [1.807, 2.05) is 58.9 Å². The first-order valence-corrected chi connectivity index (χ1v) is 14.6. The Balaban J connectivity index is 1.97. The molecule has 0 aliphatic heterocycles. The summed E-state index contributed by atoms with van der Waals surface area (Å²) in [4.78, 5) is 43.2.